The molecule has 0 heterocycles. The van der Waals surface area contributed by atoms with Gasteiger partial charge in [-0.25, -0.2) is 0 Å². The predicted octanol–water partition coefficient (Wildman–Crippen LogP) is 3.26. The molecule has 3 rings (SSSR count). The molecule has 0 radical (unpaired) electrons. The second-order valence-electron chi connectivity index (χ2n) is 3.97. The van der Waals surface area contributed by atoms with E-state index in [1.165, 1.54) is 27.5 Å². The minimum Gasteiger partial charge on any atom is -0.320 e. The largest absolute Gasteiger partial charge is 0.320 e. The highest BCUT2D eigenvalue weighted by atomic mass is 14.7. The van der Waals surface area contributed by atoms with E-state index < -0.39 is 0 Å². The van der Waals surface area contributed by atoms with Crippen LogP contribution in [0.1, 0.15) is 24.1 Å². The first-order chi connectivity index (χ1) is 7.33. The molecule has 0 aliphatic heterocycles. The normalized spacial score (nSPS) is 21.5. The van der Waals surface area contributed by atoms with Crippen molar-refractivity contribution in [3.63, 3.8) is 0 Å². The van der Waals surface area contributed by atoms with E-state index in [1.54, 1.807) is 0 Å². The zero-order chi connectivity index (χ0) is 10.4. The summed E-state index contributed by atoms with van der Waals surface area (Å²) >= 11 is 0. The fraction of sp³-hybridized carbons (Fsp3) is 0.143. The van der Waals surface area contributed by atoms with E-state index in [1.807, 2.05) is 0 Å². The van der Waals surface area contributed by atoms with Gasteiger partial charge in [0.2, 0.25) is 0 Å². The van der Waals surface area contributed by atoms with E-state index in [0.717, 1.165) is 0 Å². The lowest BCUT2D eigenvalue weighted by Gasteiger charge is -2.06. The highest BCUT2D eigenvalue weighted by Gasteiger charge is 2.24. The van der Waals surface area contributed by atoms with Crippen LogP contribution in [-0.2, 0) is 0 Å². The Bertz CT molecular complexity index is 561. The molecule has 74 valence electrons. The molecule has 1 atom stereocenters. The fourth-order valence-corrected chi connectivity index (χ4v) is 2.54. The molecular formula is C14H13N. The summed E-state index contributed by atoms with van der Waals surface area (Å²) in [5.74, 6) is 0. The highest BCUT2D eigenvalue weighted by Crippen LogP contribution is 2.42. The van der Waals surface area contributed by atoms with Crippen LogP contribution in [0.2, 0.25) is 0 Å². The summed E-state index contributed by atoms with van der Waals surface area (Å²) in [6.45, 7) is 2.06. The predicted molar refractivity (Wildman–Crippen MR) is 64.5 cm³/mol. The molecule has 0 aromatic heterocycles. The Morgan fingerprint density at radius 1 is 1.13 bits per heavy atom. The van der Waals surface area contributed by atoms with Crippen LogP contribution >= 0.6 is 0 Å². The molecule has 0 saturated heterocycles. The van der Waals surface area contributed by atoms with Gasteiger partial charge in [0.15, 0.2) is 0 Å². The van der Waals surface area contributed by atoms with Crippen molar-refractivity contribution < 1.29 is 0 Å². The molecular weight excluding hydrogens is 182 g/mol. The summed E-state index contributed by atoms with van der Waals surface area (Å²) in [6, 6.07) is 12.8. The van der Waals surface area contributed by atoms with E-state index in [4.69, 9.17) is 5.73 Å². The van der Waals surface area contributed by atoms with Crippen molar-refractivity contribution in [1.82, 2.24) is 0 Å². The summed E-state index contributed by atoms with van der Waals surface area (Å²) in [4.78, 5) is 0. The van der Waals surface area contributed by atoms with Gasteiger partial charge < -0.3 is 5.73 Å². The van der Waals surface area contributed by atoms with Crippen LogP contribution in [0, 0.1) is 0 Å². The van der Waals surface area contributed by atoms with Crippen molar-refractivity contribution >= 4 is 16.3 Å². The van der Waals surface area contributed by atoms with Gasteiger partial charge in [-0.15, -0.1) is 0 Å². The zero-order valence-corrected chi connectivity index (χ0v) is 8.70. The van der Waals surface area contributed by atoms with E-state index in [0.29, 0.717) is 0 Å². The molecule has 0 saturated carbocycles. The topological polar surface area (TPSA) is 26.0 Å². The number of rotatable bonds is 0. The van der Waals surface area contributed by atoms with E-state index in [-0.39, 0.29) is 6.04 Å². The number of nitrogens with two attached hydrogens (primary N) is 1. The van der Waals surface area contributed by atoms with Gasteiger partial charge in [-0.05, 0) is 34.4 Å². The Labute approximate surface area is 89.2 Å². The second-order valence-corrected chi connectivity index (χ2v) is 3.97. The minimum atomic E-state index is 0.0519. The average Bonchev–Trinajstić information content (AvgIpc) is 2.55. The molecule has 2 aromatic carbocycles. The summed E-state index contributed by atoms with van der Waals surface area (Å²) in [7, 11) is 0. The SMILES string of the molecule is CC=C1c2cccc3cccc(c23)C1N. The maximum atomic E-state index is 6.23. The smallest absolute Gasteiger partial charge is 0.0560 e. The molecule has 1 aliphatic carbocycles. The van der Waals surface area contributed by atoms with E-state index in [2.05, 4.69) is 49.4 Å². The van der Waals surface area contributed by atoms with Crippen molar-refractivity contribution in [2.24, 2.45) is 5.73 Å². The third kappa shape index (κ3) is 1.01. The van der Waals surface area contributed by atoms with Crippen LogP contribution in [0.5, 0.6) is 0 Å². The monoisotopic (exact) mass is 195 g/mol. The molecule has 0 spiro atoms. The Morgan fingerprint density at radius 3 is 2.60 bits per heavy atom. The van der Waals surface area contributed by atoms with Crippen LogP contribution in [-0.4, -0.2) is 0 Å². The Balaban J connectivity index is 2.50. The summed E-state index contributed by atoms with van der Waals surface area (Å²) < 4.78 is 0. The third-order valence-electron chi connectivity index (χ3n) is 3.23. The van der Waals surface area contributed by atoms with E-state index >= 15 is 0 Å². The molecule has 15 heavy (non-hydrogen) atoms. The number of hydrogen-bond donors (Lipinski definition) is 1. The first kappa shape index (κ1) is 8.69. The number of hydrogen-bond acceptors (Lipinski definition) is 1. The molecule has 0 bridgehead atoms. The highest BCUT2D eigenvalue weighted by molar-refractivity contribution is 6.02. The Morgan fingerprint density at radius 2 is 1.87 bits per heavy atom. The quantitative estimate of drug-likeness (QED) is 0.686. The molecule has 0 amide bonds. The Kier molecular flexibility index (Phi) is 1.70. The van der Waals surface area contributed by atoms with Crippen LogP contribution in [0.3, 0.4) is 0 Å². The fourth-order valence-electron chi connectivity index (χ4n) is 2.54. The van der Waals surface area contributed by atoms with Gasteiger partial charge in [-0.3, -0.25) is 0 Å². The molecule has 1 heteroatoms. The van der Waals surface area contributed by atoms with Gasteiger partial charge in [0, 0.05) is 0 Å². The van der Waals surface area contributed by atoms with Gasteiger partial charge in [-0.2, -0.15) is 0 Å². The minimum absolute atomic E-state index is 0.0519. The molecule has 1 nitrogen and oxygen atoms in total. The van der Waals surface area contributed by atoms with Crippen molar-refractivity contribution in [2.75, 3.05) is 0 Å². The lowest BCUT2D eigenvalue weighted by Crippen LogP contribution is -2.06. The van der Waals surface area contributed by atoms with Gasteiger partial charge in [0.1, 0.15) is 0 Å². The molecule has 1 aliphatic rings. The molecule has 2 aromatic rings. The number of benzene rings is 2. The standard InChI is InChI=1S/C14H13N/c1-2-10-11-7-3-5-9-6-4-8-12(13(9)11)14(10)15/h2-8,14H,15H2,1H3. The summed E-state index contributed by atoms with van der Waals surface area (Å²) in [5.41, 5.74) is 10.0. The molecule has 2 N–H and O–H groups in total. The van der Waals surface area contributed by atoms with Crippen LogP contribution in [0.4, 0.5) is 0 Å². The van der Waals surface area contributed by atoms with Crippen LogP contribution in [0.15, 0.2) is 42.5 Å². The first-order valence-electron chi connectivity index (χ1n) is 5.26. The lowest BCUT2D eigenvalue weighted by atomic mass is 10.0. The average molecular weight is 195 g/mol. The van der Waals surface area contributed by atoms with Crippen molar-refractivity contribution in [2.45, 2.75) is 13.0 Å². The first-order valence-corrected chi connectivity index (χ1v) is 5.26. The Hall–Kier alpha value is -1.60. The maximum absolute atomic E-state index is 6.23. The third-order valence-corrected chi connectivity index (χ3v) is 3.23. The van der Waals surface area contributed by atoms with Gasteiger partial charge in [0.25, 0.3) is 0 Å². The van der Waals surface area contributed by atoms with Gasteiger partial charge in [0.05, 0.1) is 6.04 Å². The van der Waals surface area contributed by atoms with Gasteiger partial charge in [-0.1, -0.05) is 42.5 Å². The number of allylic oxidation sites excluding steroid dienone is 1. The van der Waals surface area contributed by atoms with Crippen LogP contribution in [0.25, 0.3) is 16.3 Å². The maximum Gasteiger partial charge on any atom is 0.0560 e. The van der Waals surface area contributed by atoms with Gasteiger partial charge >= 0.3 is 0 Å². The summed E-state index contributed by atoms with van der Waals surface area (Å²) in [5, 5.41) is 2.62. The molecule has 0 fully saturated rings. The second kappa shape index (κ2) is 2.94. The zero-order valence-electron chi connectivity index (χ0n) is 8.70. The lowest BCUT2D eigenvalue weighted by molar-refractivity contribution is 0.963. The van der Waals surface area contributed by atoms with Crippen molar-refractivity contribution in [1.29, 1.82) is 0 Å². The van der Waals surface area contributed by atoms with Crippen molar-refractivity contribution in [3.8, 4) is 0 Å². The van der Waals surface area contributed by atoms with Crippen LogP contribution < -0.4 is 5.73 Å². The van der Waals surface area contributed by atoms with E-state index in [9.17, 15) is 0 Å². The summed E-state index contributed by atoms with van der Waals surface area (Å²) in [6.07, 6.45) is 2.12. The van der Waals surface area contributed by atoms with Crippen molar-refractivity contribution in [3.05, 3.63) is 53.6 Å². The molecule has 1 unspecified atom stereocenters.